The molecule has 0 bridgehead atoms. The lowest BCUT2D eigenvalue weighted by Crippen LogP contribution is -2.12. The van der Waals surface area contributed by atoms with Gasteiger partial charge in [-0.3, -0.25) is 4.79 Å². The Kier molecular flexibility index (Phi) is 6.84. The Labute approximate surface area is 181 Å². The maximum Gasteiger partial charge on any atom is 0.227 e. The molecule has 1 aromatic heterocycles. The van der Waals surface area contributed by atoms with Gasteiger partial charge in [-0.25, -0.2) is 0 Å². The minimum atomic E-state index is -0.281. The van der Waals surface area contributed by atoms with E-state index in [1.54, 1.807) is 32.4 Å². The highest BCUT2D eigenvalue weighted by Crippen LogP contribution is 2.33. The molecule has 2 aromatic carbocycles. The first-order valence-corrected chi connectivity index (χ1v) is 9.54. The third-order valence-corrected chi connectivity index (χ3v) is 4.99. The van der Waals surface area contributed by atoms with Gasteiger partial charge in [-0.1, -0.05) is 40.0 Å². The highest BCUT2D eigenvalue weighted by Gasteiger charge is 2.14. The number of anilines is 1. The van der Waals surface area contributed by atoms with E-state index in [0.717, 1.165) is 0 Å². The molecule has 1 amide bonds. The van der Waals surface area contributed by atoms with Gasteiger partial charge < -0.3 is 19.3 Å². The standard InChI is InChI=1S/C19H16Cl3N3O4/c1-27-15-4-3-10(7-16(15)28-2)19-24-18(29-25-19)6-5-17(26)23-14-9-12(21)11(20)8-13(14)22/h3-4,7-9H,5-6H2,1-2H3,(H,23,26). The van der Waals surface area contributed by atoms with Crippen molar-refractivity contribution in [2.75, 3.05) is 19.5 Å². The number of carbonyl (C=O) groups is 1. The fourth-order valence-corrected chi connectivity index (χ4v) is 3.09. The van der Waals surface area contributed by atoms with Crippen molar-refractivity contribution in [1.29, 1.82) is 0 Å². The van der Waals surface area contributed by atoms with Crippen molar-refractivity contribution in [3.05, 3.63) is 51.3 Å². The van der Waals surface area contributed by atoms with Gasteiger partial charge in [0.25, 0.3) is 0 Å². The second kappa shape index (κ2) is 9.35. The van der Waals surface area contributed by atoms with E-state index in [-0.39, 0.29) is 18.7 Å². The van der Waals surface area contributed by atoms with E-state index in [9.17, 15) is 4.79 Å². The lowest BCUT2D eigenvalue weighted by atomic mass is 10.2. The van der Waals surface area contributed by atoms with Crippen LogP contribution in [0.2, 0.25) is 15.1 Å². The molecule has 0 aliphatic carbocycles. The van der Waals surface area contributed by atoms with E-state index >= 15 is 0 Å². The van der Waals surface area contributed by atoms with Crippen LogP contribution in [-0.4, -0.2) is 30.3 Å². The van der Waals surface area contributed by atoms with Crippen LogP contribution in [0.3, 0.4) is 0 Å². The number of amides is 1. The number of halogens is 3. The van der Waals surface area contributed by atoms with E-state index in [1.807, 2.05) is 0 Å². The molecule has 10 heteroatoms. The van der Waals surface area contributed by atoms with Crippen LogP contribution < -0.4 is 14.8 Å². The van der Waals surface area contributed by atoms with Crippen molar-refractivity contribution < 1.29 is 18.8 Å². The Hall–Kier alpha value is -2.48. The van der Waals surface area contributed by atoms with E-state index in [2.05, 4.69) is 15.5 Å². The average Bonchev–Trinajstić information content (AvgIpc) is 3.19. The summed E-state index contributed by atoms with van der Waals surface area (Å²) in [5.41, 5.74) is 1.08. The third-order valence-electron chi connectivity index (χ3n) is 3.96. The van der Waals surface area contributed by atoms with Crippen molar-refractivity contribution in [3.63, 3.8) is 0 Å². The van der Waals surface area contributed by atoms with E-state index in [1.165, 1.54) is 12.1 Å². The number of nitrogens with zero attached hydrogens (tertiary/aromatic N) is 2. The number of hydrogen-bond acceptors (Lipinski definition) is 6. The molecule has 3 aromatic rings. The minimum absolute atomic E-state index is 0.115. The number of benzene rings is 2. The number of hydrogen-bond donors (Lipinski definition) is 1. The van der Waals surface area contributed by atoms with Gasteiger partial charge in [0.2, 0.25) is 17.6 Å². The molecule has 0 unspecified atom stereocenters. The number of ether oxygens (including phenoxy) is 2. The quantitative estimate of drug-likeness (QED) is 0.486. The Morgan fingerprint density at radius 2 is 1.76 bits per heavy atom. The molecule has 1 heterocycles. The molecule has 29 heavy (non-hydrogen) atoms. The molecule has 0 atom stereocenters. The van der Waals surface area contributed by atoms with Crippen LogP contribution in [0.25, 0.3) is 11.4 Å². The first-order valence-electron chi connectivity index (χ1n) is 8.40. The lowest BCUT2D eigenvalue weighted by Gasteiger charge is -2.08. The maximum absolute atomic E-state index is 12.2. The number of nitrogens with one attached hydrogen (secondary N) is 1. The van der Waals surface area contributed by atoms with Crippen LogP contribution in [0, 0.1) is 0 Å². The second-order valence-corrected chi connectivity index (χ2v) is 7.10. The van der Waals surface area contributed by atoms with E-state index < -0.39 is 0 Å². The van der Waals surface area contributed by atoms with Gasteiger partial charge in [0.05, 0.1) is 35.0 Å². The van der Waals surface area contributed by atoms with Gasteiger partial charge in [-0.2, -0.15) is 4.98 Å². The molecule has 1 N–H and O–H groups in total. The summed E-state index contributed by atoms with van der Waals surface area (Å²) in [5, 5.41) is 7.52. The summed E-state index contributed by atoms with van der Waals surface area (Å²) in [6.07, 6.45) is 0.370. The van der Waals surface area contributed by atoms with Gasteiger partial charge in [0.1, 0.15) is 0 Å². The molecule has 0 radical (unpaired) electrons. The monoisotopic (exact) mass is 455 g/mol. The van der Waals surface area contributed by atoms with Crippen LogP contribution >= 0.6 is 34.8 Å². The first kappa shape index (κ1) is 21.2. The summed E-state index contributed by atoms with van der Waals surface area (Å²) in [6.45, 7) is 0. The summed E-state index contributed by atoms with van der Waals surface area (Å²) in [7, 11) is 3.10. The molecular formula is C19H16Cl3N3O4. The fraction of sp³-hybridized carbons (Fsp3) is 0.211. The number of rotatable bonds is 7. The Morgan fingerprint density at radius 3 is 2.48 bits per heavy atom. The maximum atomic E-state index is 12.2. The zero-order chi connectivity index (χ0) is 21.0. The zero-order valence-electron chi connectivity index (χ0n) is 15.5. The van der Waals surface area contributed by atoms with Crippen molar-refractivity contribution in [2.45, 2.75) is 12.8 Å². The third kappa shape index (κ3) is 5.12. The van der Waals surface area contributed by atoms with Crippen molar-refractivity contribution in [2.24, 2.45) is 0 Å². The van der Waals surface area contributed by atoms with Gasteiger partial charge in [0, 0.05) is 18.4 Å². The van der Waals surface area contributed by atoms with Crippen molar-refractivity contribution in [3.8, 4) is 22.9 Å². The van der Waals surface area contributed by atoms with E-state index in [0.29, 0.717) is 49.5 Å². The van der Waals surface area contributed by atoms with Crippen LogP contribution in [0.15, 0.2) is 34.9 Å². The van der Waals surface area contributed by atoms with Crippen LogP contribution in [0.5, 0.6) is 11.5 Å². The first-order chi connectivity index (χ1) is 13.9. The number of methoxy groups -OCH3 is 2. The van der Waals surface area contributed by atoms with Crippen LogP contribution in [0.4, 0.5) is 5.69 Å². The Balaban J connectivity index is 1.63. The normalized spacial score (nSPS) is 10.7. The topological polar surface area (TPSA) is 86.5 Å². The molecule has 0 fully saturated rings. The number of aromatic nitrogens is 2. The fourth-order valence-electron chi connectivity index (χ4n) is 2.50. The predicted molar refractivity (Wildman–Crippen MR) is 111 cm³/mol. The summed E-state index contributed by atoms with van der Waals surface area (Å²) in [5.74, 6) is 1.57. The summed E-state index contributed by atoms with van der Waals surface area (Å²) in [4.78, 5) is 16.5. The van der Waals surface area contributed by atoms with Crippen LogP contribution in [0.1, 0.15) is 12.3 Å². The van der Waals surface area contributed by atoms with Gasteiger partial charge >= 0.3 is 0 Å². The minimum Gasteiger partial charge on any atom is -0.493 e. The average molecular weight is 457 g/mol. The van der Waals surface area contributed by atoms with Crippen LogP contribution in [-0.2, 0) is 11.2 Å². The predicted octanol–water partition coefficient (Wildman–Crippen LogP) is 5.29. The molecule has 0 aliphatic heterocycles. The molecule has 0 saturated carbocycles. The molecule has 152 valence electrons. The smallest absolute Gasteiger partial charge is 0.227 e. The second-order valence-electron chi connectivity index (χ2n) is 5.88. The largest absolute Gasteiger partial charge is 0.493 e. The summed E-state index contributed by atoms with van der Waals surface area (Å²) in [6, 6.07) is 8.24. The molecule has 0 aliphatic rings. The molecular weight excluding hydrogens is 441 g/mol. The zero-order valence-corrected chi connectivity index (χ0v) is 17.7. The Bertz CT molecular complexity index is 1040. The van der Waals surface area contributed by atoms with E-state index in [4.69, 9.17) is 48.8 Å². The molecule has 0 saturated heterocycles. The lowest BCUT2D eigenvalue weighted by molar-refractivity contribution is -0.116. The SMILES string of the molecule is COc1ccc(-c2noc(CCC(=O)Nc3cc(Cl)c(Cl)cc3Cl)n2)cc1OC. The van der Waals surface area contributed by atoms with Gasteiger partial charge in [0.15, 0.2) is 11.5 Å². The Morgan fingerprint density at radius 1 is 1.03 bits per heavy atom. The molecule has 0 spiro atoms. The highest BCUT2D eigenvalue weighted by molar-refractivity contribution is 6.44. The number of aryl methyl sites for hydroxylation is 1. The summed E-state index contributed by atoms with van der Waals surface area (Å²) < 4.78 is 15.7. The summed E-state index contributed by atoms with van der Waals surface area (Å²) >= 11 is 17.9. The molecule has 3 rings (SSSR count). The van der Waals surface area contributed by atoms with Gasteiger partial charge in [-0.05, 0) is 30.3 Å². The molecule has 7 nitrogen and oxygen atoms in total. The van der Waals surface area contributed by atoms with Gasteiger partial charge in [-0.15, -0.1) is 0 Å². The highest BCUT2D eigenvalue weighted by atomic mass is 35.5. The van der Waals surface area contributed by atoms with Crippen molar-refractivity contribution >= 4 is 46.4 Å². The number of carbonyl (C=O) groups excluding carboxylic acids is 1. The van der Waals surface area contributed by atoms with Crippen molar-refractivity contribution in [1.82, 2.24) is 10.1 Å².